The number of carbonyl (C=O) groups excluding carboxylic acids is 1. The predicted molar refractivity (Wildman–Crippen MR) is 54.4 cm³/mol. The van der Waals surface area contributed by atoms with Crippen molar-refractivity contribution in [3.8, 4) is 0 Å². The highest BCUT2D eigenvalue weighted by Crippen LogP contribution is 2.36. The van der Waals surface area contributed by atoms with Crippen LogP contribution in [0.15, 0.2) is 0 Å². The van der Waals surface area contributed by atoms with Gasteiger partial charge in [0.1, 0.15) is 0 Å². The Labute approximate surface area is 81.1 Å². The summed E-state index contributed by atoms with van der Waals surface area (Å²) in [7, 11) is 0. The molecule has 1 rings (SSSR count). The van der Waals surface area contributed by atoms with Crippen molar-refractivity contribution in [2.45, 2.75) is 40.0 Å². The Balaban J connectivity index is 2.52. The second kappa shape index (κ2) is 4.64. The normalized spacial score (nSPS) is 28.0. The van der Waals surface area contributed by atoms with Gasteiger partial charge in [0.2, 0.25) is 5.91 Å². The Bertz CT molecular complexity index is 177. The third-order valence-corrected chi connectivity index (χ3v) is 3.11. The maximum atomic E-state index is 11.6. The Morgan fingerprint density at radius 1 is 1.46 bits per heavy atom. The minimum Gasteiger partial charge on any atom is -0.356 e. The highest BCUT2D eigenvalue weighted by Gasteiger charge is 2.34. The molecule has 0 spiro atoms. The quantitative estimate of drug-likeness (QED) is 0.714. The van der Waals surface area contributed by atoms with Crippen LogP contribution < -0.4 is 5.32 Å². The van der Waals surface area contributed by atoms with E-state index in [0.29, 0.717) is 17.8 Å². The number of hydrogen-bond donors (Lipinski definition) is 1. The van der Waals surface area contributed by atoms with E-state index >= 15 is 0 Å². The second-order valence-corrected chi connectivity index (χ2v) is 4.34. The summed E-state index contributed by atoms with van der Waals surface area (Å²) in [4.78, 5) is 11.6. The largest absolute Gasteiger partial charge is 0.356 e. The molecule has 1 aliphatic carbocycles. The van der Waals surface area contributed by atoms with Crippen LogP contribution in [0.5, 0.6) is 0 Å². The van der Waals surface area contributed by atoms with Gasteiger partial charge in [-0.2, -0.15) is 0 Å². The molecule has 2 atom stereocenters. The zero-order valence-corrected chi connectivity index (χ0v) is 8.97. The lowest BCUT2D eigenvalue weighted by molar-refractivity contribution is -0.126. The molecule has 2 heteroatoms. The van der Waals surface area contributed by atoms with Gasteiger partial charge in [-0.15, -0.1) is 0 Å². The molecule has 1 N–H and O–H groups in total. The maximum absolute atomic E-state index is 11.6. The molecule has 1 amide bonds. The van der Waals surface area contributed by atoms with Crippen molar-refractivity contribution in [2.24, 2.45) is 17.8 Å². The summed E-state index contributed by atoms with van der Waals surface area (Å²) in [6.45, 7) is 7.20. The topological polar surface area (TPSA) is 29.1 Å². The Kier molecular flexibility index (Phi) is 3.76. The van der Waals surface area contributed by atoms with Crippen LogP contribution >= 0.6 is 0 Å². The highest BCUT2D eigenvalue weighted by molar-refractivity contribution is 5.79. The summed E-state index contributed by atoms with van der Waals surface area (Å²) in [5.41, 5.74) is 0. The van der Waals surface area contributed by atoms with Crippen molar-refractivity contribution < 1.29 is 4.79 Å². The van der Waals surface area contributed by atoms with E-state index in [9.17, 15) is 4.79 Å². The summed E-state index contributed by atoms with van der Waals surface area (Å²) < 4.78 is 0. The van der Waals surface area contributed by atoms with Gasteiger partial charge in [0.15, 0.2) is 0 Å². The van der Waals surface area contributed by atoms with Gasteiger partial charge in [-0.05, 0) is 31.6 Å². The van der Waals surface area contributed by atoms with Gasteiger partial charge in [0.25, 0.3) is 0 Å². The van der Waals surface area contributed by atoms with E-state index in [1.807, 2.05) is 6.92 Å². The van der Waals surface area contributed by atoms with E-state index in [1.165, 1.54) is 12.8 Å². The average Bonchev–Trinajstić information content (AvgIpc) is 2.52. The van der Waals surface area contributed by atoms with Crippen LogP contribution in [0.25, 0.3) is 0 Å². The smallest absolute Gasteiger partial charge is 0.223 e. The van der Waals surface area contributed by atoms with Crippen molar-refractivity contribution in [3.63, 3.8) is 0 Å². The Hall–Kier alpha value is -0.530. The summed E-state index contributed by atoms with van der Waals surface area (Å²) >= 11 is 0. The van der Waals surface area contributed by atoms with E-state index in [2.05, 4.69) is 19.2 Å². The minimum atomic E-state index is 0.277. The predicted octanol–water partition coefficient (Wildman–Crippen LogP) is 2.19. The number of amides is 1. The van der Waals surface area contributed by atoms with Crippen molar-refractivity contribution in [3.05, 3.63) is 0 Å². The second-order valence-electron chi connectivity index (χ2n) is 4.34. The number of rotatable bonds is 3. The molecule has 1 aliphatic rings. The molecule has 0 aliphatic heterocycles. The van der Waals surface area contributed by atoms with E-state index in [4.69, 9.17) is 0 Å². The van der Waals surface area contributed by atoms with E-state index < -0.39 is 0 Å². The molecule has 0 aromatic carbocycles. The molecule has 1 saturated carbocycles. The number of carbonyl (C=O) groups is 1. The standard InChI is InChI=1S/C11H21NO/c1-4-12-11(13)10-7-5-6-9(10)8(2)3/h8-10H,4-7H2,1-3H3,(H,12,13)/t9-,10+/m0/s1. The Morgan fingerprint density at radius 2 is 2.15 bits per heavy atom. The SMILES string of the molecule is CCNC(=O)[C@@H]1CCC[C@H]1C(C)C. The third kappa shape index (κ3) is 2.45. The molecule has 76 valence electrons. The molecule has 0 aromatic heterocycles. The lowest BCUT2D eigenvalue weighted by atomic mass is 9.85. The fraction of sp³-hybridized carbons (Fsp3) is 0.909. The molecule has 0 saturated heterocycles. The van der Waals surface area contributed by atoms with Gasteiger partial charge in [-0.1, -0.05) is 20.3 Å². The van der Waals surface area contributed by atoms with Crippen LogP contribution in [0.3, 0.4) is 0 Å². The summed E-state index contributed by atoms with van der Waals surface area (Å²) in [6.07, 6.45) is 3.55. The molecule has 0 unspecified atom stereocenters. The van der Waals surface area contributed by atoms with Gasteiger partial charge in [0.05, 0.1) is 0 Å². The van der Waals surface area contributed by atoms with E-state index in [0.717, 1.165) is 13.0 Å². The van der Waals surface area contributed by atoms with E-state index in [-0.39, 0.29) is 5.91 Å². The first kappa shape index (κ1) is 10.6. The molecular weight excluding hydrogens is 162 g/mol. The van der Waals surface area contributed by atoms with Crippen molar-refractivity contribution in [1.82, 2.24) is 5.32 Å². The summed E-state index contributed by atoms with van der Waals surface area (Å²) in [6, 6.07) is 0. The molecule has 0 bridgehead atoms. The zero-order chi connectivity index (χ0) is 9.84. The van der Waals surface area contributed by atoms with Crippen molar-refractivity contribution in [1.29, 1.82) is 0 Å². The van der Waals surface area contributed by atoms with Gasteiger partial charge >= 0.3 is 0 Å². The van der Waals surface area contributed by atoms with Crippen LogP contribution in [0, 0.1) is 17.8 Å². The minimum absolute atomic E-state index is 0.277. The molecule has 1 fully saturated rings. The monoisotopic (exact) mass is 183 g/mol. The van der Waals surface area contributed by atoms with Crippen molar-refractivity contribution >= 4 is 5.91 Å². The number of hydrogen-bond acceptors (Lipinski definition) is 1. The first-order valence-electron chi connectivity index (χ1n) is 5.44. The van der Waals surface area contributed by atoms with Crippen LogP contribution in [0.1, 0.15) is 40.0 Å². The Morgan fingerprint density at radius 3 is 2.69 bits per heavy atom. The third-order valence-electron chi connectivity index (χ3n) is 3.11. The number of nitrogens with one attached hydrogen (secondary N) is 1. The van der Waals surface area contributed by atoms with Crippen LogP contribution in [-0.4, -0.2) is 12.5 Å². The lowest BCUT2D eigenvalue weighted by Crippen LogP contribution is -2.33. The lowest BCUT2D eigenvalue weighted by Gasteiger charge is -2.21. The van der Waals surface area contributed by atoms with Crippen molar-refractivity contribution in [2.75, 3.05) is 6.54 Å². The summed E-state index contributed by atoms with van der Waals surface area (Å²) in [5, 5.41) is 2.93. The fourth-order valence-corrected chi connectivity index (χ4v) is 2.42. The van der Waals surface area contributed by atoms with Crippen LogP contribution in [0.2, 0.25) is 0 Å². The van der Waals surface area contributed by atoms with Gasteiger partial charge in [-0.3, -0.25) is 4.79 Å². The average molecular weight is 183 g/mol. The highest BCUT2D eigenvalue weighted by atomic mass is 16.1. The van der Waals surface area contributed by atoms with E-state index in [1.54, 1.807) is 0 Å². The van der Waals surface area contributed by atoms with Gasteiger partial charge < -0.3 is 5.32 Å². The first-order chi connectivity index (χ1) is 6.16. The molecule has 0 aromatic rings. The van der Waals surface area contributed by atoms with Gasteiger partial charge in [0, 0.05) is 12.5 Å². The molecule has 13 heavy (non-hydrogen) atoms. The fourth-order valence-electron chi connectivity index (χ4n) is 2.42. The van der Waals surface area contributed by atoms with Crippen LogP contribution in [-0.2, 0) is 4.79 Å². The molecule has 0 radical (unpaired) electrons. The van der Waals surface area contributed by atoms with Gasteiger partial charge in [-0.25, -0.2) is 0 Å². The maximum Gasteiger partial charge on any atom is 0.223 e. The molecule has 0 heterocycles. The summed E-state index contributed by atoms with van der Waals surface area (Å²) in [5.74, 6) is 1.83. The first-order valence-corrected chi connectivity index (χ1v) is 5.44. The molecular formula is C11H21NO. The van der Waals surface area contributed by atoms with Crippen LogP contribution in [0.4, 0.5) is 0 Å². The molecule has 2 nitrogen and oxygen atoms in total. The zero-order valence-electron chi connectivity index (χ0n) is 8.97.